The van der Waals surface area contributed by atoms with E-state index in [1.54, 1.807) is 23.1 Å². The van der Waals surface area contributed by atoms with Gasteiger partial charge in [0.2, 0.25) is 12.0 Å². The van der Waals surface area contributed by atoms with Gasteiger partial charge in [-0.3, -0.25) is 19.2 Å². The van der Waals surface area contributed by atoms with E-state index in [1.807, 2.05) is 12.1 Å². The number of nitrogens with one attached hydrogen (secondary N) is 1. The van der Waals surface area contributed by atoms with Crippen molar-refractivity contribution in [1.29, 1.82) is 0 Å². The van der Waals surface area contributed by atoms with E-state index < -0.39 is 47.8 Å². The standard InChI is InChI=1S/C37H35ClFN5O8/c38-27-6-2-5-26(32(27)39)29-19-30(52-42-29)36(49)44-18-15-24-23(20-13-16-43(17-14-20)35(48)28(40)11-12-31(45)46)3-1-4-25(24)33(44)34(47)41-22-9-7-21(8-10-22)37(50)51/h1-10,13,28,30,33H,11-12,14-19,40H2,(H,41,47)(H,45,46)(H,50,51)/t28-,30+,33-/m0/s1. The average molecular weight is 732 g/mol. The highest BCUT2D eigenvalue weighted by molar-refractivity contribution is 6.31. The van der Waals surface area contributed by atoms with Crippen molar-refractivity contribution in [1.82, 2.24) is 9.80 Å². The van der Waals surface area contributed by atoms with Crippen LogP contribution in [0.1, 0.15) is 64.3 Å². The van der Waals surface area contributed by atoms with Crippen LogP contribution in [-0.2, 0) is 30.4 Å². The minimum Gasteiger partial charge on any atom is -0.481 e. The van der Waals surface area contributed by atoms with Crippen molar-refractivity contribution in [3.63, 3.8) is 0 Å². The number of halogens is 2. The lowest BCUT2D eigenvalue weighted by molar-refractivity contribution is -0.148. The van der Waals surface area contributed by atoms with Crippen LogP contribution in [0.3, 0.4) is 0 Å². The second-order valence-corrected chi connectivity index (χ2v) is 13.1. The molecule has 3 atom stereocenters. The van der Waals surface area contributed by atoms with Crippen LogP contribution >= 0.6 is 11.6 Å². The summed E-state index contributed by atoms with van der Waals surface area (Å²) in [7, 11) is 0. The molecule has 15 heteroatoms. The molecule has 0 bridgehead atoms. The van der Waals surface area contributed by atoms with Gasteiger partial charge in [0.25, 0.3) is 11.8 Å². The highest BCUT2D eigenvalue weighted by atomic mass is 35.5. The molecule has 0 spiro atoms. The van der Waals surface area contributed by atoms with Gasteiger partial charge in [-0.15, -0.1) is 0 Å². The van der Waals surface area contributed by atoms with Gasteiger partial charge in [-0.2, -0.15) is 0 Å². The van der Waals surface area contributed by atoms with Crippen LogP contribution in [0.5, 0.6) is 0 Å². The molecule has 13 nitrogen and oxygen atoms in total. The Morgan fingerprint density at radius 2 is 1.73 bits per heavy atom. The number of fused-ring (bicyclic) bond motifs is 1. The number of anilines is 1. The predicted octanol–water partition coefficient (Wildman–Crippen LogP) is 4.24. The number of carboxylic acid groups (broad SMARTS) is 2. The van der Waals surface area contributed by atoms with E-state index >= 15 is 0 Å². The zero-order chi connectivity index (χ0) is 37.1. The summed E-state index contributed by atoms with van der Waals surface area (Å²) in [5.74, 6) is -4.22. The number of rotatable bonds is 10. The summed E-state index contributed by atoms with van der Waals surface area (Å²) in [6.45, 7) is 0.772. The van der Waals surface area contributed by atoms with E-state index in [2.05, 4.69) is 10.5 Å². The first kappa shape index (κ1) is 36.2. The van der Waals surface area contributed by atoms with Gasteiger partial charge in [0.05, 0.1) is 22.3 Å². The van der Waals surface area contributed by atoms with Crippen LogP contribution < -0.4 is 11.1 Å². The quantitative estimate of drug-likeness (QED) is 0.236. The van der Waals surface area contributed by atoms with Crippen molar-refractivity contribution in [3.05, 3.63) is 105 Å². The number of carbonyl (C=O) groups excluding carboxylic acids is 3. The maximum Gasteiger partial charge on any atom is 0.335 e. The van der Waals surface area contributed by atoms with Crippen LogP contribution in [-0.4, -0.2) is 87.2 Å². The Bertz CT molecular complexity index is 2000. The van der Waals surface area contributed by atoms with Crippen molar-refractivity contribution < 1.29 is 43.4 Å². The lowest BCUT2D eigenvalue weighted by atomic mass is 9.84. The molecule has 270 valence electrons. The third-order valence-corrected chi connectivity index (χ3v) is 9.70. The van der Waals surface area contributed by atoms with E-state index in [0.717, 1.165) is 16.7 Å². The number of carbonyl (C=O) groups is 5. The molecule has 52 heavy (non-hydrogen) atoms. The molecule has 0 aliphatic carbocycles. The van der Waals surface area contributed by atoms with E-state index in [0.29, 0.717) is 30.6 Å². The molecule has 0 radical (unpaired) electrons. The molecule has 3 heterocycles. The summed E-state index contributed by atoms with van der Waals surface area (Å²) in [5, 5.41) is 25.0. The zero-order valence-corrected chi connectivity index (χ0v) is 28.5. The van der Waals surface area contributed by atoms with Crippen molar-refractivity contribution >= 4 is 58.2 Å². The molecule has 3 aliphatic rings. The van der Waals surface area contributed by atoms with Gasteiger partial charge in [-0.05, 0) is 77.9 Å². The lowest BCUT2D eigenvalue weighted by Crippen LogP contribution is -2.49. The Hall–Kier alpha value is -5.60. The Labute approximate surface area is 302 Å². The smallest absolute Gasteiger partial charge is 0.335 e. The summed E-state index contributed by atoms with van der Waals surface area (Å²) >= 11 is 5.96. The number of nitrogens with two attached hydrogens (primary N) is 1. The van der Waals surface area contributed by atoms with Crippen molar-refractivity contribution in [2.45, 2.75) is 50.3 Å². The highest BCUT2D eigenvalue weighted by Gasteiger charge is 2.42. The molecule has 3 amide bonds. The highest BCUT2D eigenvalue weighted by Crippen LogP contribution is 2.38. The van der Waals surface area contributed by atoms with Gasteiger partial charge in [0.1, 0.15) is 6.04 Å². The summed E-state index contributed by atoms with van der Waals surface area (Å²) in [6, 6.07) is 13.5. The summed E-state index contributed by atoms with van der Waals surface area (Å²) in [6.07, 6.45) is 1.44. The predicted molar refractivity (Wildman–Crippen MR) is 188 cm³/mol. The van der Waals surface area contributed by atoms with E-state index in [1.165, 1.54) is 41.3 Å². The molecule has 6 rings (SSSR count). The van der Waals surface area contributed by atoms with E-state index in [9.17, 15) is 33.5 Å². The molecule has 3 aromatic rings. The Kier molecular flexibility index (Phi) is 10.7. The van der Waals surface area contributed by atoms with Crippen LogP contribution in [0.4, 0.5) is 10.1 Å². The van der Waals surface area contributed by atoms with Crippen LogP contribution in [0, 0.1) is 5.82 Å². The Balaban J connectivity index is 1.27. The molecular weight excluding hydrogens is 697 g/mol. The normalized spacial score (nSPS) is 18.8. The molecule has 0 unspecified atom stereocenters. The van der Waals surface area contributed by atoms with Crippen LogP contribution in [0.25, 0.3) is 5.57 Å². The molecule has 0 saturated carbocycles. The van der Waals surface area contributed by atoms with Gasteiger partial charge in [0.15, 0.2) is 5.82 Å². The van der Waals surface area contributed by atoms with Crippen LogP contribution in [0.15, 0.2) is 71.9 Å². The van der Waals surface area contributed by atoms with Crippen molar-refractivity contribution in [3.8, 4) is 0 Å². The molecular formula is C37H35ClFN5O8. The zero-order valence-electron chi connectivity index (χ0n) is 27.8. The second-order valence-electron chi connectivity index (χ2n) is 12.7. The minimum atomic E-state index is -1.13. The largest absolute Gasteiger partial charge is 0.481 e. The monoisotopic (exact) mass is 731 g/mol. The average Bonchev–Trinajstić information content (AvgIpc) is 3.64. The van der Waals surface area contributed by atoms with Gasteiger partial charge in [0, 0.05) is 43.7 Å². The third kappa shape index (κ3) is 7.53. The number of benzene rings is 3. The summed E-state index contributed by atoms with van der Waals surface area (Å²) < 4.78 is 14.8. The van der Waals surface area contributed by atoms with Crippen molar-refractivity contribution in [2.75, 3.05) is 25.0 Å². The van der Waals surface area contributed by atoms with Crippen molar-refractivity contribution in [2.24, 2.45) is 10.9 Å². The van der Waals surface area contributed by atoms with Crippen LogP contribution in [0.2, 0.25) is 5.02 Å². The molecule has 0 saturated heterocycles. The second kappa shape index (κ2) is 15.3. The summed E-state index contributed by atoms with van der Waals surface area (Å²) in [4.78, 5) is 72.0. The third-order valence-electron chi connectivity index (χ3n) is 9.41. The number of nitrogens with zero attached hydrogens (tertiary/aromatic N) is 3. The van der Waals surface area contributed by atoms with Gasteiger partial charge in [-0.25, -0.2) is 9.18 Å². The van der Waals surface area contributed by atoms with Gasteiger partial charge in [-0.1, -0.05) is 47.1 Å². The first-order valence-corrected chi connectivity index (χ1v) is 17.0. The Morgan fingerprint density at radius 1 is 1.00 bits per heavy atom. The number of hydrogen-bond acceptors (Lipinski definition) is 8. The number of aromatic carboxylic acids is 1. The number of aliphatic carboxylic acids is 1. The maximum atomic E-state index is 14.8. The Morgan fingerprint density at radius 3 is 2.42 bits per heavy atom. The van der Waals surface area contributed by atoms with E-state index in [-0.39, 0.29) is 60.1 Å². The van der Waals surface area contributed by atoms with E-state index in [4.69, 9.17) is 27.3 Å². The fourth-order valence-electron chi connectivity index (χ4n) is 6.73. The number of amides is 3. The SMILES string of the molecule is N[C@@H](CCC(=O)O)C(=O)N1CC=C(c2cccc3c2CCN(C(=O)[C@H]2CC(c4cccc(Cl)c4F)=NO2)[C@@H]3C(=O)Nc2ccc(C(=O)O)cc2)CC1. The first-order valence-electron chi connectivity index (χ1n) is 16.6. The molecule has 3 aromatic carbocycles. The molecule has 0 aromatic heterocycles. The topological polar surface area (TPSA) is 192 Å². The lowest BCUT2D eigenvalue weighted by Gasteiger charge is -2.38. The first-order chi connectivity index (χ1) is 24.9. The fourth-order valence-corrected chi connectivity index (χ4v) is 6.90. The van der Waals surface area contributed by atoms with Gasteiger partial charge < -0.3 is 35.9 Å². The number of oxime groups is 1. The molecule has 5 N–H and O–H groups in total. The minimum absolute atomic E-state index is 0.0344. The number of carboxylic acids is 2. The maximum absolute atomic E-state index is 14.8. The fraction of sp³-hybridized carbons (Fsp3) is 0.297. The molecule has 0 fully saturated rings. The molecule has 3 aliphatic heterocycles. The van der Waals surface area contributed by atoms with Gasteiger partial charge >= 0.3 is 11.9 Å². The summed E-state index contributed by atoms with van der Waals surface area (Å²) in [5.41, 5.74) is 9.90. The number of hydrogen-bond donors (Lipinski definition) is 4.